The maximum atomic E-state index is 12.2. The number of aryl methyl sites for hydroxylation is 1. The van der Waals surface area contributed by atoms with Crippen LogP contribution in [0.15, 0.2) is 42.5 Å². The Hall–Kier alpha value is -4.48. The lowest BCUT2D eigenvalue weighted by atomic mass is 10.1. The summed E-state index contributed by atoms with van der Waals surface area (Å²) in [6.07, 6.45) is -0.0622. The van der Waals surface area contributed by atoms with Gasteiger partial charge in [-0.2, -0.15) is 0 Å². The van der Waals surface area contributed by atoms with Crippen molar-refractivity contribution >= 4 is 34.4 Å². The Morgan fingerprint density at radius 3 is 2.53 bits per heavy atom. The number of amides is 3. The van der Waals surface area contributed by atoms with Crippen molar-refractivity contribution < 1.29 is 24.0 Å². The molecule has 3 aromatic rings. The van der Waals surface area contributed by atoms with Gasteiger partial charge in [-0.3, -0.25) is 35.3 Å². The first-order valence-electron chi connectivity index (χ1n) is 9.38. The summed E-state index contributed by atoms with van der Waals surface area (Å²) in [5, 5.41) is 13.4. The van der Waals surface area contributed by atoms with E-state index in [1.165, 1.54) is 19.2 Å². The number of nitrogens with zero attached hydrogens (tertiary/aromatic N) is 3. The normalized spacial score (nSPS) is 10.4. The minimum absolute atomic E-state index is 0.00705. The predicted molar refractivity (Wildman–Crippen MR) is 113 cm³/mol. The molecule has 12 nitrogen and oxygen atoms in total. The molecule has 1 heterocycles. The maximum Gasteiger partial charge on any atom is 0.311 e. The largest absolute Gasteiger partial charge is 0.490 e. The average Bonchev–Trinajstić information content (AvgIpc) is 3.10. The fourth-order valence-corrected chi connectivity index (χ4v) is 2.96. The molecular weight excluding hydrogens is 420 g/mol. The van der Waals surface area contributed by atoms with E-state index in [9.17, 15) is 24.5 Å². The molecule has 0 saturated heterocycles. The van der Waals surface area contributed by atoms with Gasteiger partial charge in [-0.1, -0.05) is 12.1 Å². The van der Waals surface area contributed by atoms with Gasteiger partial charge in [0.2, 0.25) is 5.91 Å². The first kappa shape index (κ1) is 22.2. The lowest BCUT2D eigenvalue weighted by molar-refractivity contribution is -0.385. The van der Waals surface area contributed by atoms with Gasteiger partial charge in [0.15, 0.2) is 5.75 Å². The molecule has 32 heavy (non-hydrogen) atoms. The van der Waals surface area contributed by atoms with Crippen molar-refractivity contribution in [3.63, 3.8) is 0 Å². The highest BCUT2D eigenvalue weighted by atomic mass is 16.6. The van der Waals surface area contributed by atoms with Crippen molar-refractivity contribution in [3.8, 4) is 5.75 Å². The van der Waals surface area contributed by atoms with Crippen LogP contribution in [-0.4, -0.2) is 45.9 Å². The van der Waals surface area contributed by atoms with E-state index in [0.29, 0.717) is 5.82 Å². The number of nitro benzene ring substituents is 1. The van der Waals surface area contributed by atoms with Crippen LogP contribution >= 0.6 is 0 Å². The average molecular weight is 440 g/mol. The van der Waals surface area contributed by atoms with Crippen molar-refractivity contribution in [1.82, 2.24) is 25.7 Å². The summed E-state index contributed by atoms with van der Waals surface area (Å²) >= 11 is 0. The van der Waals surface area contributed by atoms with E-state index >= 15 is 0 Å². The number of ether oxygens (including phenoxy) is 1. The molecule has 0 spiro atoms. The first-order valence-corrected chi connectivity index (χ1v) is 9.38. The fraction of sp³-hybridized carbons (Fsp3) is 0.200. The van der Waals surface area contributed by atoms with Gasteiger partial charge < -0.3 is 14.6 Å². The SMILES string of the molecule is COc1ccc(C(=O)NCC(=O)NNC(=O)Cc2nc3ccccc3n2C)cc1[N+](=O)[O-]. The molecular formula is C20H20N6O6. The second-order valence-electron chi connectivity index (χ2n) is 6.68. The summed E-state index contributed by atoms with van der Waals surface area (Å²) in [5.74, 6) is -1.34. The number of aromatic nitrogens is 2. The highest BCUT2D eigenvalue weighted by Crippen LogP contribution is 2.27. The van der Waals surface area contributed by atoms with E-state index in [0.717, 1.165) is 17.1 Å². The van der Waals surface area contributed by atoms with Crippen LogP contribution in [0.3, 0.4) is 0 Å². The summed E-state index contributed by atoms with van der Waals surface area (Å²) in [5.41, 5.74) is 5.68. The molecule has 3 rings (SSSR count). The van der Waals surface area contributed by atoms with Crippen LogP contribution in [0.25, 0.3) is 11.0 Å². The molecule has 166 valence electrons. The number of nitro groups is 1. The van der Waals surface area contributed by atoms with Gasteiger partial charge in [-0.15, -0.1) is 0 Å². The Bertz CT molecular complexity index is 1200. The number of para-hydroxylation sites is 2. The molecule has 12 heteroatoms. The molecule has 0 unspecified atom stereocenters. The summed E-state index contributed by atoms with van der Waals surface area (Å²) < 4.78 is 6.66. The highest BCUT2D eigenvalue weighted by molar-refractivity contribution is 5.97. The summed E-state index contributed by atoms with van der Waals surface area (Å²) in [4.78, 5) is 51.0. The number of nitrogens with one attached hydrogen (secondary N) is 3. The van der Waals surface area contributed by atoms with Crippen LogP contribution in [0.1, 0.15) is 16.2 Å². The van der Waals surface area contributed by atoms with E-state index in [4.69, 9.17) is 4.74 Å². The number of hydrazine groups is 1. The molecule has 3 amide bonds. The van der Waals surface area contributed by atoms with Crippen LogP contribution in [-0.2, 0) is 23.1 Å². The first-order chi connectivity index (χ1) is 15.3. The van der Waals surface area contributed by atoms with E-state index in [1.807, 2.05) is 24.3 Å². The number of imidazole rings is 1. The molecule has 0 aliphatic heterocycles. The number of hydrogen-bond acceptors (Lipinski definition) is 7. The quantitative estimate of drug-likeness (QED) is 0.359. The van der Waals surface area contributed by atoms with Crippen molar-refractivity contribution in [3.05, 3.63) is 64.0 Å². The lowest BCUT2D eigenvalue weighted by Crippen LogP contribution is -2.47. The van der Waals surface area contributed by atoms with Crippen LogP contribution in [0.2, 0.25) is 0 Å². The Morgan fingerprint density at radius 1 is 1.12 bits per heavy atom. The van der Waals surface area contributed by atoms with Gasteiger partial charge in [-0.25, -0.2) is 4.98 Å². The van der Waals surface area contributed by atoms with Crippen LogP contribution < -0.4 is 20.9 Å². The second-order valence-corrected chi connectivity index (χ2v) is 6.68. The zero-order valence-electron chi connectivity index (χ0n) is 17.2. The van der Waals surface area contributed by atoms with Gasteiger partial charge in [0.25, 0.3) is 11.8 Å². The minimum Gasteiger partial charge on any atom is -0.490 e. The molecule has 0 radical (unpaired) electrons. The van der Waals surface area contributed by atoms with Crippen molar-refractivity contribution in [2.45, 2.75) is 6.42 Å². The molecule has 3 N–H and O–H groups in total. The van der Waals surface area contributed by atoms with E-state index in [-0.39, 0.29) is 23.4 Å². The van der Waals surface area contributed by atoms with Gasteiger partial charge in [-0.05, 0) is 24.3 Å². The molecule has 0 saturated carbocycles. The summed E-state index contributed by atoms with van der Waals surface area (Å²) in [6.45, 7) is -0.453. The van der Waals surface area contributed by atoms with Crippen LogP contribution in [0.5, 0.6) is 5.75 Å². The number of hydrogen-bond donors (Lipinski definition) is 3. The van der Waals surface area contributed by atoms with Crippen molar-refractivity contribution in [2.75, 3.05) is 13.7 Å². The monoisotopic (exact) mass is 440 g/mol. The van der Waals surface area contributed by atoms with Crippen molar-refractivity contribution in [1.29, 1.82) is 0 Å². The zero-order valence-corrected chi connectivity index (χ0v) is 17.2. The molecule has 0 fully saturated rings. The Labute approximate surface area is 181 Å². The number of carbonyl (C=O) groups excluding carboxylic acids is 3. The topological polar surface area (TPSA) is 157 Å². The second kappa shape index (κ2) is 9.55. The third kappa shape index (κ3) is 4.98. The van der Waals surface area contributed by atoms with E-state index in [2.05, 4.69) is 21.2 Å². The lowest BCUT2D eigenvalue weighted by Gasteiger charge is -2.09. The third-order valence-corrected chi connectivity index (χ3v) is 4.59. The Kier molecular flexibility index (Phi) is 6.63. The molecule has 2 aromatic carbocycles. The molecule has 0 atom stereocenters. The summed E-state index contributed by atoms with van der Waals surface area (Å²) in [6, 6.07) is 11.1. The molecule has 1 aromatic heterocycles. The maximum absolute atomic E-state index is 12.2. The Morgan fingerprint density at radius 2 is 1.84 bits per heavy atom. The van der Waals surface area contributed by atoms with Crippen LogP contribution in [0.4, 0.5) is 5.69 Å². The van der Waals surface area contributed by atoms with E-state index in [1.54, 1.807) is 11.6 Å². The Balaban J connectivity index is 1.50. The zero-order chi connectivity index (χ0) is 23.3. The number of benzene rings is 2. The van der Waals surface area contributed by atoms with Crippen molar-refractivity contribution in [2.24, 2.45) is 7.05 Å². The molecule has 0 aliphatic rings. The predicted octanol–water partition coefficient (Wildman–Crippen LogP) is 0.610. The minimum atomic E-state index is -0.697. The van der Waals surface area contributed by atoms with Gasteiger partial charge >= 0.3 is 5.69 Å². The number of carbonyl (C=O) groups is 3. The molecule has 0 aliphatic carbocycles. The highest BCUT2D eigenvalue weighted by Gasteiger charge is 2.19. The van der Waals surface area contributed by atoms with Gasteiger partial charge in [0.05, 0.1) is 36.0 Å². The fourth-order valence-electron chi connectivity index (χ4n) is 2.96. The van der Waals surface area contributed by atoms with E-state index < -0.39 is 29.2 Å². The van der Waals surface area contributed by atoms with Gasteiger partial charge in [0.1, 0.15) is 5.82 Å². The van der Waals surface area contributed by atoms with Crippen LogP contribution in [0, 0.1) is 10.1 Å². The smallest absolute Gasteiger partial charge is 0.311 e. The number of methoxy groups -OCH3 is 1. The number of fused-ring (bicyclic) bond motifs is 1. The summed E-state index contributed by atoms with van der Waals surface area (Å²) in [7, 11) is 3.06. The van der Waals surface area contributed by atoms with Gasteiger partial charge in [0, 0.05) is 18.7 Å². The third-order valence-electron chi connectivity index (χ3n) is 4.59. The number of rotatable bonds is 7. The standard InChI is InChI=1S/C20H20N6O6/c1-25-14-6-4-3-5-13(14)22-17(25)10-18(27)23-24-19(28)11-21-20(29)12-7-8-16(32-2)15(9-12)26(30)31/h3-9H,10-11H2,1-2H3,(H,21,29)(H,23,27)(H,24,28). The molecule has 0 bridgehead atoms.